The summed E-state index contributed by atoms with van der Waals surface area (Å²) >= 11 is 3.53. The molecule has 1 saturated heterocycles. The Morgan fingerprint density at radius 1 is 1.44 bits per heavy atom. The minimum Gasteiger partial charge on any atom is -0.481 e. The quantitative estimate of drug-likeness (QED) is 0.798. The fourth-order valence-electron chi connectivity index (χ4n) is 2.30. The van der Waals surface area contributed by atoms with E-state index in [4.69, 9.17) is 5.11 Å². The van der Waals surface area contributed by atoms with Crippen LogP contribution in [-0.2, 0) is 4.79 Å². The average molecular weight is 313 g/mol. The van der Waals surface area contributed by atoms with Crippen molar-refractivity contribution in [3.63, 3.8) is 0 Å². The second-order valence-corrected chi connectivity index (χ2v) is 5.80. The Bertz CT molecular complexity index is 461. The van der Waals surface area contributed by atoms with Crippen LogP contribution in [0.1, 0.15) is 17.5 Å². The number of carboxylic acid groups (broad SMARTS) is 1. The van der Waals surface area contributed by atoms with Gasteiger partial charge in [-0.15, -0.1) is 0 Å². The highest BCUT2D eigenvalue weighted by Gasteiger charge is 2.39. The van der Waals surface area contributed by atoms with Gasteiger partial charge in [-0.2, -0.15) is 0 Å². The lowest BCUT2D eigenvalue weighted by atomic mass is 9.88. The molecule has 1 aliphatic rings. The number of halogens is 1. The molecular formula is C13H17BrN2O2. The van der Waals surface area contributed by atoms with E-state index in [1.165, 1.54) is 0 Å². The van der Waals surface area contributed by atoms with Gasteiger partial charge in [0.05, 0.1) is 12.0 Å². The Morgan fingerprint density at radius 3 is 2.39 bits per heavy atom. The summed E-state index contributed by atoms with van der Waals surface area (Å²) in [4.78, 5) is 10.9. The lowest BCUT2D eigenvalue weighted by molar-refractivity contribution is -0.138. The molecular weight excluding hydrogens is 296 g/mol. The van der Waals surface area contributed by atoms with E-state index >= 15 is 0 Å². The molecule has 0 amide bonds. The number of carbonyl (C=O) groups is 1. The molecule has 1 aromatic carbocycles. The van der Waals surface area contributed by atoms with E-state index in [0.29, 0.717) is 13.1 Å². The smallest absolute Gasteiger partial charge is 0.305 e. The van der Waals surface area contributed by atoms with Crippen molar-refractivity contribution < 1.29 is 9.90 Å². The van der Waals surface area contributed by atoms with Crippen LogP contribution >= 0.6 is 15.9 Å². The van der Waals surface area contributed by atoms with E-state index < -0.39 is 5.97 Å². The standard InChI is InChI=1S/C13H17BrN2O2/c1-8-3-10(4-9(2)12(8)14)16-13(5-11(17)18)6-15-7-13/h3-4,15-16H,5-7H2,1-2H3,(H,17,18). The second-order valence-electron chi connectivity index (χ2n) is 5.00. The topological polar surface area (TPSA) is 61.4 Å². The highest BCUT2D eigenvalue weighted by Crippen LogP contribution is 2.29. The summed E-state index contributed by atoms with van der Waals surface area (Å²) in [7, 11) is 0. The van der Waals surface area contributed by atoms with Crippen LogP contribution in [0.2, 0.25) is 0 Å². The van der Waals surface area contributed by atoms with Crippen molar-refractivity contribution in [1.29, 1.82) is 0 Å². The number of aryl methyl sites for hydroxylation is 2. The van der Waals surface area contributed by atoms with E-state index in [1.54, 1.807) is 0 Å². The molecule has 2 rings (SSSR count). The van der Waals surface area contributed by atoms with Crippen LogP contribution in [-0.4, -0.2) is 29.7 Å². The number of anilines is 1. The minimum absolute atomic E-state index is 0.133. The van der Waals surface area contributed by atoms with Crippen LogP contribution < -0.4 is 10.6 Å². The summed E-state index contributed by atoms with van der Waals surface area (Å²) in [6, 6.07) is 4.08. The number of nitrogens with one attached hydrogen (secondary N) is 2. The highest BCUT2D eigenvalue weighted by atomic mass is 79.9. The highest BCUT2D eigenvalue weighted by molar-refractivity contribution is 9.10. The first-order chi connectivity index (χ1) is 8.42. The maximum absolute atomic E-state index is 10.9. The van der Waals surface area contributed by atoms with Crippen LogP contribution in [0.5, 0.6) is 0 Å². The van der Waals surface area contributed by atoms with Crippen molar-refractivity contribution in [2.24, 2.45) is 0 Å². The molecule has 0 saturated carbocycles. The van der Waals surface area contributed by atoms with Crippen molar-refractivity contribution in [2.45, 2.75) is 25.8 Å². The molecule has 3 N–H and O–H groups in total. The van der Waals surface area contributed by atoms with Gasteiger partial charge in [-0.25, -0.2) is 0 Å². The van der Waals surface area contributed by atoms with Crippen LogP contribution in [0.15, 0.2) is 16.6 Å². The van der Waals surface area contributed by atoms with Gasteiger partial charge < -0.3 is 15.7 Å². The Labute approximate surface area is 115 Å². The SMILES string of the molecule is Cc1cc(NC2(CC(=O)O)CNC2)cc(C)c1Br. The summed E-state index contributed by atoms with van der Waals surface area (Å²) in [5.74, 6) is -0.769. The minimum atomic E-state index is -0.769. The number of benzene rings is 1. The number of hydrogen-bond donors (Lipinski definition) is 3. The first-order valence-electron chi connectivity index (χ1n) is 5.89. The first-order valence-corrected chi connectivity index (χ1v) is 6.69. The van der Waals surface area contributed by atoms with Gasteiger partial charge >= 0.3 is 5.97 Å². The summed E-state index contributed by atoms with van der Waals surface area (Å²) < 4.78 is 1.10. The van der Waals surface area contributed by atoms with E-state index in [0.717, 1.165) is 21.3 Å². The first kappa shape index (κ1) is 13.4. The largest absolute Gasteiger partial charge is 0.481 e. The predicted molar refractivity (Wildman–Crippen MR) is 75.1 cm³/mol. The van der Waals surface area contributed by atoms with Crippen molar-refractivity contribution >= 4 is 27.6 Å². The molecule has 1 aromatic rings. The fraction of sp³-hybridized carbons (Fsp3) is 0.462. The van der Waals surface area contributed by atoms with Crippen LogP contribution in [0.3, 0.4) is 0 Å². The van der Waals surface area contributed by atoms with Crippen molar-refractivity contribution in [2.75, 3.05) is 18.4 Å². The summed E-state index contributed by atoms with van der Waals surface area (Å²) in [5, 5.41) is 15.5. The van der Waals surface area contributed by atoms with Gasteiger partial charge in [-0.3, -0.25) is 4.79 Å². The Morgan fingerprint density at radius 2 is 2.00 bits per heavy atom. The lowest BCUT2D eigenvalue weighted by Gasteiger charge is -2.43. The second kappa shape index (κ2) is 4.90. The molecule has 1 heterocycles. The Hall–Kier alpha value is -1.07. The molecule has 0 aromatic heterocycles. The van der Waals surface area contributed by atoms with Gasteiger partial charge in [0.1, 0.15) is 0 Å². The van der Waals surface area contributed by atoms with Gasteiger partial charge in [0.25, 0.3) is 0 Å². The molecule has 1 aliphatic heterocycles. The number of hydrogen-bond acceptors (Lipinski definition) is 3. The summed E-state index contributed by atoms with van der Waals surface area (Å²) in [6.45, 7) is 5.44. The third kappa shape index (κ3) is 2.67. The fourth-order valence-corrected chi connectivity index (χ4v) is 2.53. The molecule has 1 fully saturated rings. The normalized spacial score (nSPS) is 17.1. The van der Waals surface area contributed by atoms with Crippen molar-refractivity contribution in [3.8, 4) is 0 Å². The molecule has 0 unspecified atom stereocenters. The third-order valence-electron chi connectivity index (χ3n) is 3.26. The van der Waals surface area contributed by atoms with Gasteiger partial charge in [-0.05, 0) is 37.1 Å². The lowest BCUT2D eigenvalue weighted by Crippen LogP contribution is -2.65. The third-order valence-corrected chi connectivity index (χ3v) is 4.51. The van der Waals surface area contributed by atoms with E-state index in [1.807, 2.05) is 26.0 Å². The van der Waals surface area contributed by atoms with Gasteiger partial charge in [0.2, 0.25) is 0 Å². The Balaban J connectivity index is 2.20. The van der Waals surface area contributed by atoms with Crippen LogP contribution in [0.4, 0.5) is 5.69 Å². The molecule has 0 aliphatic carbocycles. The molecule has 4 nitrogen and oxygen atoms in total. The van der Waals surface area contributed by atoms with Gasteiger partial charge in [-0.1, -0.05) is 15.9 Å². The zero-order chi connectivity index (χ0) is 13.3. The van der Waals surface area contributed by atoms with E-state index in [9.17, 15) is 4.79 Å². The predicted octanol–water partition coefficient (Wildman–Crippen LogP) is 2.29. The number of rotatable bonds is 4. The van der Waals surface area contributed by atoms with Crippen molar-refractivity contribution in [1.82, 2.24) is 5.32 Å². The zero-order valence-electron chi connectivity index (χ0n) is 10.5. The number of carboxylic acids is 1. The van der Waals surface area contributed by atoms with Crippen LogP contribution in [0.25, 0.3) is 0 Å². The molecule has 5 heteroatoms. The van der Waals surface area contributed by atoms with E-state index in [2.05, 4.69) is 26.6 Å². The summed E-state index contributed by atoms with van der Waals surface area (Å²) in [5.41, 5.74) is 2.93. The molecule has 0 spiro atoms. The molecule has 0 atom stereocenters. The molecule has 98 valence electrons. The monoisotopic (exact) mass is 312 g/mol. The maximum atomic E-state index is 10.9. The van der Waals surface area contributed by atoms with E-state index in [-0.39, 0.29) is 12.0 Å². The molecule has 0 radical (unpaired) electrons. The van der Waals surface area contributed by atoms with Gasteiger partial charge in [0, 0.05) is 23.2 Å². The molecule has 0 bridgehead atoms. The van der Waals surface area contributed by atoms with Crippen LogP contribution in [0, 0.1) is 13.8 Å². The van der Waals surface area contributed by atoms with Crippen molar-refractivity contribution in [3.05, 3.63) is 27.7 Å². The average Bonchev–Trinajstić information content (AvgIpc) is 2.22. The maximum Gasteiger partial charge on any atom is 0.305 e. The Kier molecular flexibility index (Phi) is 3.64. The summed E-state index contributed by atoms with van der Waals surface area (Å²) in [6.07, 6.45) is 0.133. The molecule has 18 heavy (non-hydrogen) atoms. The number of aliphatic carboxylic acids is 1. The van der Waals surface area contributed by atoms with Gasteiger partial charge in [0.15, 0.2) is 0 Å². The zero-order valence-corrected chi connectivity index (χ0v) is 12.1.